The molecule has 1 rings (SSSR count). The molecule has 0 fully saturated rings. The fraction of sp³-hybridized carbons (Fsp3) is 0.286. The number of methoxy groups -OCH3 is 1. The summed E-state index contributed by atoms with van der Waals surface area (Å²) in [5.41, 5.74) is 5.44. The average molecular weight is 392 g/mol. The largest absolute Gasteiger partial charge is 0.494 e. The van der Waals surface area contributed by atoms with Crippen LogP contribution in [0.15, 0.2) is 24.3 Å². The summed E-state index contributed by atoms with van der Waals surface area (Å²) in [6.45, 7) is 0.416. The average Bonchev–Trinajstić information content (AvgIpc) is 2.61. The van der Waals surface area contributed by atoms with Crippen molar-refractivity contribution < 1.29 is 37.3 Å². The zero-order chi connectivity index (χ0) is 20.6. The van der Waals surface area contributed by atoms with Gasteiger partial charge in [0.2, 0.25) is 0 Å². The number of nitro benzene ring substituents is 1. The van der Waals surface area contributed by atoms with E-state index in [1.807, 2.05) is 0 Å². The highest BCUT2D eigenvalue weighted by Crippen LogP contribution is 2.35. The van der Waals surface area contributed by atoms with Crippen molar-refractivity contribution >= 4 is 23.3 Å². The number of nitrogens with one attached hydrogen (secondary N) is 2. The molecular weight excluding hydrogens is 377 g/mol. The number of nitrogens with two attached hydrogens (primary N) is 1. The Kier molecular flexibility index (Phi) is 7.53. The summed E-state index contributed by atoms with van der Waals surface area (Å²) in [5.74, 6) is -4.09. The lowest BCUT2D eigenvalue weighted by Crippen LogP contribution is -2.34. The molecule has 0 radical (unpaired) electrons. The quantitative estimate of drug-likeness (QED) is 0.357. The summed E-state index contributed by atoms with van der Waals surface area (Å²) in [4.78, 5) is 36.5. The number of hydrogen-bond acceptors (Lipinski definition) is 8. The van der Waals surface area contributed by atoms with Gasteiger partial charge in [-0.2, -0.15) is 18.7 Å². The number of carbonyl (C=O) groups excluding carboxylic acids is 2. The third-order valence-corrected chi connectivity index (χ3v) is 2.93. The maximum atomic E-state index is 12.1. The molecule has 4 N–H and O–H groups in total. The summed E-state index contributed by atoms with van der Waals surface area (Å²) in [6, 6.07) is 1.81. The Morgan fingerprint density at radius 3 is 2.52 bits per heavy atom. The zero-order valence-electron chi connectivity index (χ0n) is 13.8. The van der Waals surface area contributed by atoms with Crippen LogP contribution in [-0.2, 0) is 9.63 Å². The van der Waals surface area contributed by atoms with Crippen LogP contribution in [0.2, 0.25) is 0 Å². The fourth-order valence-corrected chi connectivity index (χ4v) is 1.76. The molecule has 1 aromatic rings. The highest BCUT2D eigenvalue weighted by molar-refractivity contribution is 5.97. The molecule has 1 aromatic carbocycles. The smallest absolute Gasteiger partial charge is 0.493 e. The number of alkyl halides is 3. The number of ether oxygens (including phenoxy) is 1. The van der Waals surface area contributed by atoms with E-state index in [1.165, 1.54) is 12.6 Å². The molecular formula is C14H15F3N4O6. The summed E-state index contributed by atoms with van der Waals surface area (Å²) in [7, 11) is 1.17. The Bertz CT molecular complexity index is 751. The van der Waals surface area contributed by atoms with E-state index in [1.54, 1.807) is 12.2 Å². The third kappa shape index (κ3) is 6.14. The van der Waals surface area contributed by atoms with Crippen molar-refractivity contribution in [1.29, 1.82) is 0 Å². The first-order chi connectivity index (χ1) is 12.6. The number of halogens is 3. The molecule has 0 aliphatic rings. The van der Waals surface area contributed by atoms with Crippen molar-refractivity contribution in [3.05, 3.63) is 40.0 Å². The number of nitro groups is 1. The molecule has 148 valence electrons. The second-order valence-electron chi connectivity index (χ2n) is 4.74. The molecule has 0 bridgehead atoms. The number of nitrogens with zero attached hydrogens (tertiary/aromatic N) is 1. The summed E-state index contributed by atoms with van der Waals surface area (Å²) < 4.78 is 41.2. The highest BCUT2D eigenvalue weighted by Gasteiger charge is 2.42. The summed E-state index contributed by atoms with van der Waals surface area (Å²) in [6.07, 6.45) is -2.12. The topological polar surface area (TPSA) is 146 Å². The van der Waals surface area contributed by atoms with Gasteiger partial charge in [-0.1, -0.05) is 12.2 Å². The Balaban J connectivity index is 3.10. The first kappa shape index (κ1) is 21.7. The van der Waals surface area contributed by atoms with Gasteiger partial charge in [-0.25, -0.2) is 4.79 Å². The van der Waals surface area contributed by atoms with E-state index >= 15 is 0 Å². The van der Waals surface area contributed by atoms with E-state index in [0.717, 1.165) is 12.1 Å². The van der Waals surface area contributed by atoms with E-state index in [0.29, 0.717) is 0 Å². The van der Waals surface area contributed by atoms with Crippen LogP contribution in [0.25, 0.3) is 0 Å². The number of hydroxylamine groups is 1. The first-order valence-electron chi connectivity index (χ1n) is 7.15. The molecule has 0 aliphatic heterocycles. The standard InChI is InChI=1S/C14H15F3N4O6/c1-26-10-7-8(12(22)20-27-13(23)14(15,16)17)6-9(21(24)25)11(10)19-5-3-2-4-18/h2-3,6-7,19H,4-5,18H2,1H3,(H,20,22)/b3-2+. The molecule has 0 aliphatic carbocycles. The van der Waals surface area contributed by atoms with Gasteiger partial charge in [-0.05, 0) is 6.07 Å². The van der Waals surface area contributed by atoms with Crippen molar-refractivity contribution in [1.82, 2.24) is 5.48 Å². The summed E-state index contributed by atoms with van der Waals surface area (Å²) >= 11 is 0. The lowest BCUT2D eigenvalue weighted by atomic mass is 10.1. The summed E-state index contributed by atoms with van der Waals surface area (Å²) in [5, 5.41) is 14.0. The minimum atomic E-state index is -5.32. The van der Waals surface area contributed by atoms with E-state index in [9.17, 15) is 32.9 Å². The van der Waals surface area contributed by atoms with Crippen LogP contribution in [0.3, 0.4) is 0 Å². The molecule has 0 spiro atoms. The van der Waals surface area contributed by atoms with Gasteiger partial charge in [-0.15, -0.1) is 0 Å². The number of anilines is 1. The lowest BCUT2D eigenvalue weighted by Gasteiger charge is -2.13. The normalized spacial score (nSPS) is 11.1. The SMILES string of the molecule is COc1cc(C(=O)NOC(=O)C(F)(F)F)cc([N+](=O)[O-])c1NC/C=C/CN. The van der Waals surface area contributed by atoms with E-state index in [4.69, 9.17) is 10.5 Å². The van der Waals surface area contributed by atoms with Crippen LogP contribution in [0.1, 0.15) is 10.4 Å². The number of amides is 1. The second kappa shape index (κ2) is 9.38. The number of carbonyl (C=O) groups is 2. The Morgan fingerprint density at radius 1 is 1.33 bits per heavy atom. The molecule has 1 amide bonds. The van der Waals surface area contributed by atoms with Gasteiger partial charge in [-0.3, -0.25) is 14.9 Å². The zero-order valence-corrected chi connectivity index (χ0v) is 13.8. The van der Waals surface area contributed by atoms with Crippen molar-refractivity contribution in [3.63, 3.8) is 0 Å². The van der Waals surface area contributed by atoms with Crippen molar-refractivity contribution in [2.24, 2.45) is 5.73 Å². The number of rotatable bonds is 7. The number of hydrogen-bond donors (Lipinski definition) is 3. The minimum Gasteiger partial charge on any atom is -0.494 e. The van der Waals surface area contributed by atoms with E-state index in [2.05, 4.69) is 10.2 Å². The Labute approximate surface area is 150 Å². The lowest BCUT2D eigenvalue weighted by molar-refractivity contribution is -0.384. The van der Waals surface area contributed by atoms with Gasteiger partial charge in [0, 0.05) is 19.2 Å². The van der Waals surface area contributed by atoms with Gasteiger partial charge in [0.25, 0.3) is 11.6 Å². The molecule has 27 heavy (non-hydrogen) atoms. The van der Waals surface area contributed by atoms with Gasteiger partial charge >= 0.3 is 12.1 Å². The fourth-order valence-electron chi connectivity index (χ4n) is 1.76. The van der Waals surface area contributed by atoms with E-state index < -0.39 is 34.2 Å². The molecule has 0 unspecified atom stereocenters. The van der Waals surface area contributed by atoms with Crippen LogP contribution < -0.4 is 21.3 Å². The van der Waals surface area contributed by atoms with Crippen molar-refractivity contribution in [3.8, 4) is 5.75 Å². The second-order valence-corrected chi connectivity index (χ2v) is 4.74. The minimum absolute atomic E-state index is 0.0620. The molecule has 0 saturated heterocycles. The molecule has 0 saturated carbocycles. The van der Waals surface area contributed by atoms with Crippen molar-refractivity contribution in [2.45, 2.75) is 6.18 Å². The maximum Gasteiger partial charge on any atom is 0.493 e. The molecule has 0 heterocycles. The monoisotopic (exact) mass is 392 g/mol. The Morgan fingerprint density at radius 2 is 2.00 bits per heavy atom. The van der Waals surface area contributed by atoms with Crippen LogP contribution in [0, 0.1) is 10.1 Å². The molecule has 13 heteroatoms. The van der Waals surface area contributed by atoms with Crippen molar-refractivity contribution in [2.75, 3.05) is 25.5 Å². The maximum absolute atomic E-state index is 12.1. The van der Waals surface area contributed by atoms with Crippen LogP contribution in [0.5, 0.6) is 5.75 Å². The predicted octanol–water partition coefficient (Wildman–Crippen LogP) is 1.28. The van der Waals surface area contributed by atoms with Gasteiger partial charge in [0.05, 0.1) is 17.6 Å². The van der Waals surface area contributed by atoms with Crippen LogP contribution in [-0.4, -0.2) is 43.2 Å². The predicted molar refractivity (Wildman–Crippen MR) is 85.9 cm³/mol. The number of benzene rings is 1. The van der Waals surface area contributed by atoms with E-state index in [-0.39, 0.29) is 24.5 Å². The molecule has 0 aromatic heterocycles. The molecule has 10 nitrogen and oxygen atoms in total. The van der Waals surface area contributed by atoms with Gasteiger partial charge in [0.15, 0.2) is 5.69 Å². The van der Waals surface area contributed by atoms with Gasteiger partial charge in [0.1, 0.15) is 5.75 Å². The Hall–Kier alpha value is -3.35. The van der Waals surface area contributed by atoms with Gasteiger partial charge < -0.3 is 20.6 Å². The third-order valence-electron chi connectivity index (χ3n) is 2.93. The molecule has 0 atom stereocenters. The highest BCUT2D eigenvalue weighted by atomic mass is 19.4. The van der Waals surface area contributed by atoms with Crippen LogP contribution in [0.4, 0.5) is 24.5 Å². The first-order valence-corrected chi connectivity index (χ1v) is 7.15. The van der Waals surface area contributed by atoms with Crippen LogP contribution >= 0.6 is 0 Å².